The predicted octanol–water partition coefficient (Wildman–Crippen LogP) is 6.81. The standard InChI is InChI=1S/C31H30ClN3O3S/c1-21-10-17-27(18-11-21)39(37,38)35(20-25-13-15-26(32)16-14-25)30-8-6-5-7-28(30)31(36)34-33-24(4)29-19-22(2)9-12-23(29)3/h5-19H,20H2,1-4H3,(H,34,36)/b33-24-. The zero-order valence-electron chi connectivity index (χ0n) is 22.3. The molecule has 200 valence electrons. The fraction of sp³-hybridized carbons (Fsp3) is 0.161. The summed E-state index contributed by atoms with van der Waals surface area (Å²) in [6, 6.07) is 26.2. The molecular formula is C31H30ClN3O3S. The molecule has 0 saturated carbocycles. The van der Waals surface area contributed by atoms with Crippen molar-refractivity contribution in [1.29, 1.82) is 0 Å². The van der Waals surface area contributed by atoms with E-state index in [4.69, 9.17) is 11.6 Å². The van der Waals surface area contributed by atoms with Gasteiger partial charge in [-0.3, -0.25) is 9.10 Å². The summed E-state index contributed by atoms with van der Waals surface area (Å²) in [4.78, 5) is 13.5. The van der Waals surface area contributed by atoms with Crippen molar-refractivity contribution < 1.29 is 13.2 Å². The molecule has 4 rings (SSSR count). The minimum absolute atomic E-state index is 0.00244. The van der Waals surface area contributed by atoms with Crippen molar-refractivity contribution in [2.24, 2.45) is 5.10 Å². The Morgan fingerprint density at radius 2 is 1.49 bits per heavy atom. The highest BCUT2D eigenvalue weighted by atomic mass is 35.5. The van der Waals surface area contributed by atoms with Crippen molar-refractivity contribution in [1.82, 2.24) is 5.43 Å². The third-order valence-corrected chi connectivity index (χ3v) is 8.40. The summed E-state index contributed by atoms with van der Waals surface area (Å²) in [7, 11) is -4.04. The lowest BCUT2D eigenvalue weighted by Crippen LogP contribution is -2.33. The highest BCUT2D eigenvalue weighted by molar-refractivity contribution is 7.92. The molecule has 0 aliphatic carbocycles. The number of aryl methyl sites for hydroxylation is 3. The van der Waals surface area contributed by atoms with Crippen LogP contribution in [0.3, 0.4) is 0 Å². The number of nitrogens with zero attached hydrogens (tertiary/aromatic N) is 2. The number of halogens is 1. The molecule has 0 spiro atoms. The van der Waals surface area contributed by atoms with Crippen molar-refractivity contribution >= 4 is 38.9 Å². The monoisotopic (exact) mass is 559 g/mol. The first kappa shape index (κ1) is 28.1. The summed E-state index contributed by atoms with van der Waals surface area (Å²) in [5, 5.41) is 4.88. The molecule has 4 aromatic carbocycles. The molecular weight excluding hydrogens is 530 g/mol. The van der Waals surface area contributed by atoms with E-state index in [0.717, 1.165) is 22.3 Å². The zero-order chi connectivity index (χ0) is 28.2. The normalized spacial score (nSPS) is 11.8. The van der Waals surface area contributed by atoms with Gasteiger partial charge in [-0.05, 0) is 81.3 Å². The molecule has 0 unspecified atom stereocenters. The van der Waals surface area contributed by atoms with Crippen LogP contribution in [-0.2, 0) is 16.6 Å². The molecule has 0 saturated heterocycles. The van der Waals surface area contributed by atoms with Crippen LogP contribution in [0.5, 0.6) is 0 Å². The Balaban J connectivity index is 1.74. The summed E-state index contributed by atoms with van der Waals surface area (Å²) in [6.45, 7) is 7.69. The minimum Gasteiger partial charge on any atom is -0.267 e. The Morgan fingerprint density at radius 3 is 2.18 bits per heavy atom. The first-order valence-corrected chi connectivity index (χ1v) is 14.2. The molecule has 8 heteroatoms. The summed E-state index contributed by atoms with van der Waals surface area (Å²) in [5.41, 5.74) is 8.39. The van der Waals surface area contributed by atoms with E-state index < -0.39 is 15.9 Å². The van der Waals surface area contributed by atoms with E-state index in [2.05, 4.69) is 10.5 Å². The molecule has 1 N–H and O–H groups in total. The highest BCUT2D eigenvalue weighted by Crippen LogP contribution is 2.30. The van der Waals surface area contributed by atoms with Gasteiger partial charge >= 0.3 is 0 Å². The number of carbonyl (C=O) groups is 1. The second kappa shape index (κ2) is 11.8. The maximum atomic E-state index is 14.0. The van der Waals surface area contributed by atoms with Crippen molar-refractivity contribution in [3.8, 4) is 0 Å². The molecule has 0 fully saturated rings. The van der Waals surface area contributed by atoms with E-state index in [-0.39, 0.29) is 22.7 Å². The lowest BCUT2D eigenvalue weighted by Gasteiger charge is -2.26. The summed E-state index contributed by atoms with van der Waals surface area (Å²) >= 11 is 6.06. The van der Waals surface area contributed by atoms with Gasteiger partial charge in [0.1, 0.15) is 0 Å². The van der Waals surface area contributed by atoms with E-state index in [1.807, 2.05) is 45.9 Å². The molecule has 0 aromatic heterocycles. The number of hydrogen-bond acceptors (Lipinski definition) is 4. The first-order valence-electron chi connectivity index (χ1n) is 12.4. The van der Waals surface area contributed by atoms with Gasteiger partial charge in [-0.25, -0.2) is 13.8 Å². The topological polar surface area (TPSA) is 78.8 Å². The Kier molecular flexibility index (Phi) is 8.53. The summed E-state index contributed by atoms with van der Waals surface area (Å²) < 4.78 is 29.1. The molecule has 4 aromatic rings. The number of hydrazone groups is 1. The van der Waals surface area contributed by atoms with Crippen LogP contribution in [0.1, 0.15) is 45.1 Å². The number of hydrogen-bond donors (Lipinski definition) is 1. The fourth-order valence-corrected chi connectivity index (χ4v) is 5.75. The maximum absolute atomic E-state index is 14.0. The van der Waals surface area contributed by atoms with E-state index in [0.29, 0.717) is 16.3 Å². The average molecular weight is 560 g/mol. The molecule has 6 nitrogen and oxygen atoms in total. The average Bonchev–Trinajstić information content (AvgIpc) is 2.92. The number of nitrogens with one attached hydrogen (secondary N) is 1. The van der Waals surface area contributed by atoms with Gasteiger partial charge in [0.25, 0.3) is 15.9 Å². The minimum atomic E-state index is -4.04. The molecule has 0 aliphatic rings. The number of rotatable bonds is 8. The van der Waals surface area contributed by atoms with E-state index in [9.17, 15) is 13.2 Å². The second-order valence-electron chi connectivity index (χ2n) is 9.42. The molecule has 0 bridgehead atoms. The first-order chi connectivity index (χ1) is 18.6. The van der Waals surface area contributed by atoms with Crippen LogP contribution in [0.25, 0.3) is 0 Å². The van der Waals surface area contributed by atoms with Crippen molar-refractivity contribution in [2.45, 2.75) is 39.1 Å². The Morgan fingerprint density at radius 1 is 0.846 bits per heavy atom. The lowest BCUT2D eigenvalue weighted by molar-refractivity contribution is 0.0955. The predicted molar refractivity (Wildman–Crippen MR) is 158 cm³/mol. The van der Waals surface area contributed by atoms with Crippen LogP contribution in [-0.4, -0.2) is 20.0 Å². The molecule has 0 atom stereocenters. The number of para-hydroxylation sites is 1. The SMILES string of the molecule is C/C(=N/NC(=O)c1ccccc1N(Cc1ccc(Cl)cc1)S(=O)(=O)c1ccc(C)cc1)c1cc(C)ccc1C. The summed E-state index contributed by atoms with van der Waals surface area (Å²) in [5.74, 6) is -0.518. The van der Waals surface area contributed by atoms with Crippen LogP contribution in [0.15, 0.2) is 101 Å². The smallest absolute Gasteiger partial charge is 0.267 e. The van der Waals surface area contributed by atoms with Crippen molar-refractivity contribution in [2.75, 3.05) is 4.31 Å². The van der Waals surface area contributed by atoms with Crippen LogP contribution in [0.2, 0.25) is 5.02 Å². The Bertz CT molecular complexity index is 1630. The highest BCUT2D eigenvalue weighted by Gasteiger charge is 2.28. The van der Waals surface area contributed by atoms with E-state index in [1.54, 1.807) is 72.8 Å². The second-order valence-corrected chi connectivity index (χ2v) is 11.7. The van der Waals surface area contributed by atoms with Crippen molar-refractivity contribution in [3.05, 3.63) is 129 Å². The fourth-order valence-electron chi connectivity index (χ4n) is 4.16. The number of amides is 1. The van der Waals surface area contributed by atoms with Gasteiger partial charge < -0.3 is 0 Å². The van der Waals surface area contributed by atoms with Gasteiger partial charge in [-0.2, -0.15) is 5.10 Å². The number of anilines is 1. The van der Waals surface area contributed by atoms with Gasteiger partial charge in [0.2, 0.25) is 0 Å². The third-order valence-electron chi connectivity index (χ3n) is 6.37. The van der Waals surface area contributed by atoms with Gasteiger partial charge in [0.15, 0.2) is 0 Å². The van der Waals surface area contributed by atoms with Gasteiger partial charge in [0, 0.05) is 10.6 Å². The van der Waals surface area contributed by atoms with Gasteiger partial charge in [0.05, 0.1) is 28.4 Å². The van der Waals surface area contributed by atoms with Crippen LogP contribution < -0.4 is 9.73 Å². The Hall–Kier alpha value is -3.94. The lowest BCUT2D eigenvalue weighted by atomic mass is 10.0. The van der Waals surface area contributed by atoms with E-state index in [1.165, 1.54) is 4.31 Å². The van der Waals surface area contributed by atoms with Gasteiger partial charge in [-0.1, -0.05) is 71.3 Å². The quantitative estimate of drug-likeness (QED) is 0.190. The zero-order valence-corrected chi connectivity index (χ0v) is 23.8. The third kappa shape index (κ3) is 6.56. The Labute approximate surface area is 235 Å². The van der Waals surface area contributed by atoms with Crippen LogP contribution in [0, 0.1) is 20.8 Å². The van der Waals surface area contributed by atoms with E-state index >= 15 is 0 Å². The molecule has 0 radical (unpaired) electrons. The molecule has 39 heavy (non-hydrogen) atoms. The largest absolute Gasteiger partial charge is 0.273 e. The van der Waals surface area contributed by atoms with Crippen LogP contribution >= 0.6 is 11.6 Å². The number of sulfonamides is 1. The number of carbonyl (C=O) groups excluding carboxylic acids is 1. The molecule has 0 aliphatic heterocycles. The number of benzene rings is 4. The van der Waals surface area contributed by atoms with Crippen molar-refractivity contribution in [3.63, 3.8) is 0 Å². The van der Waals surface area contributed by atoms with Gasteiger partial charge in [-0.15, -0.1) is 0 Å². The van der Waals surface area contributed by atoms with Crippen LogP contribution in [0.4, 0.5) is 5.69 Å². The molecule has 0 heterocycles. The summed E-state index contributed by atoms with van der Waals surface area (Å²) in [6.07, 6.45) is 0. The molecule has 1 amide bonds. The maximum Gasteiger partial charge on any atom is 0.273 e.